The molecule has 2 aromatic rings. The number of aryl methyl sites for hydroxylation is 1. The van der Waals surface area contributed by atoms with Crippen molar-refractivity contribution in [1.82, 2.24) is 20.4 Å². The molecule has 8 heteroatoms. The molecule has 2 N–H and O–H groups in total. The van der Waals surface area contributed by atoms with Gasteiger partial charge in [0.1, 0.15) is 6.04 Å². The number of rotatable bonds is 7. The quantitative estimate of drug-likeness (QED) is 0.574. The van der Waals surface area contributed by atoms with Gasteiger partial charge in [0.15, 0.2) is 0 Å². The number of nitrogens with zero attached hydrogens (tertiary/aromatic N) is 3. The van der Waals surface area contributed by atoms with Gasteiger partial charge in [0, 0.05) is 44.0 Å². The standard InChI is InChI=1S/C31H41N5O3/c1-31(2)25-11-7-8-12-27(25)36(29(31)38)24-16-19-34(20-17-24)28(37)26(14-13-22-9-5-4-6-10-22)33-30(39)35-18-15-23(21-35)32-3/h4-12,23-24,26,32H,13-21H2,1-3H3,(H,33,39)/t23-,26+/m0/s1. The molecule has 4 amide bonds. The molecule has 0 spiro atoms. The molecule has 3 aliphatic heterocycles. The minimum atomic E-state index is -0.587. The number of amides is 4. The Bertz CT molecular complexity index is 1190. The van der Waals surface area contributed by atoms with Crippen LogP contribution in [0.4, 0.5) is 10.5 Å². The number of hydrogen-bond donors (Lipinski definition) is 2. The van der Waals surface area contributed by atoms with Crippen LogP contribution >= 0.6 is 0 Å². The van der Waals surface area contributed by atoms with Crippen LogP contribution in [0.25, 0.3) is 0 Å². The zero-order valence-corrected chi connectivity index (χ0v) is 23.4. The van der Waals surface area contributed by atoms with Crippen molar-refractivity contribution in [2.75, 3.05) is 38.1 Å². The van der Waals surface area contributed by atoms with E-state index in [-0.39, 0.29) is 29.9 Å². The van der Waals surface area contributed by atoms with E-state index in [1.54, 1.807) is 4.90 Å². The van der Waals surface area contributed by atoms with E-state index in [1.807, 2.05) is 73.2 Å². The van der Waals surface area contributed by atoms with E-state index in [4.69, 9.17) is 0 Å². The summed E-state index contributed by atoms with van der Waals surface area (Å²) >= 11 is 0. The molecule has 3 aliphatic rings. The van der Waals surface area contributed by atoms with Crippen LogP contribution in [0.2, 0.25) is 0 Å². The fraction of sp³-hybridized carbons (Fsp3) is 0.516. The monoisotopic (exact) mass is 531 g/mol. The van der Waals surface area contributed by atoms with Gasteiger partial charge >= 0.3 is 6.03 Å². The molecular formula is C31H41N5O3. The van der Waals surface area contributed by atoms with E-state index in [1.165, 1.54) is 0 Å². The van der Waals surface area contributed by atoms with Crippen LogP contribution in [0.3, 0.4) is 0 Å². The molecule has 2 aromatic carbocycles. The summed E-state index contributed by atoms with van der Waals surface area (Å²) in [5, 5.41) is 6.31. The fourth-order valence-corrected chi connectivity index (χ4v) is 6.30. The number of benzene rings is 2. The average Bonchev–Trinajstić information content (AvgIpc) is 3.52. The van der Waals surface area contributed by atoms with Gasteiger partial charge in [0.2, 0.25) is 11.8 Å². The van der Waals surface area contributed by atoms with Crippen molar-refractivity contribution in [2.45, 2.75) is 69.5 Å². The summed E-state index contributed by atoms with van der Waals surface area (Å²) in [6.07, 6.45) is 3.61. The van der Waals surface area contributed by atoms with E-state index in [2.05, 4.69) is 22.8 Å². The lowest BCUT2D eigenvalue weighted by molar-refractivity contribution is -0.134. The number of urea groups is 1. The highest BCUT2D eigenvalue weighted by Gasteiger charge is 2.47. The molecule has 2 fully saturated rings. The number of nitrogens with one attached hydrogen (secondary N) is 2. The van der Waals surface area contributed by atoms with Gasteiger partial charge in [-0.25, -0.2) is 4.79 Å². The second-order valence-corrected chi connectivity index (χ2v) is 11.6. The van der Waals surface area contributed by atoms with E-state index in [9.17, 15) is 14.4 Å². The second-order valence-electron chi connectivity index (χ2n) is 11.6. The Morgan fingerprint density at radius 3 is 2.31 bits per heavy atom. The third kappa shape index (κ3) is 5.53. The van der Waals surface area contributed by atoms with Crippen LogP contribution in [0.5, 0.6) is 0 Å². The maximum absolute atomic E-state index is 13.8. The molecule has 0 aromatic heterocycles. The molecular weight excluding hydrogens is 490 g/mol. The molecule has 0 saturated carbocycles. The number of likely N-dealkylation sites (N-methyl/N-ethyl adjacent to an activating group) is 1. The van der Waals surface area contributed by atoms with Crippen LogP contribution in [-0.4, -0.2) is 79.0 Å². The van der Waals surface area contributed by atoms with E-state index < -0.39 is 11.5 Å². The summed E-state index contributed by atoms with van der Waals surface area (Å²) in [5.41, 5.74) is 2.67. The van der Waals surface area contributed by atoms with Gasteiger partial charge in [-0.1, -0.05) is 48.5 Å². The van der Waals surface area contributed by atoms with Gasteiger partial charge in [0.05, 0.1) is 5.41 Å². The maximum Gasteiger partial charge on any atom is 0.318 e. The molecule has 0 aliphatic carbocycles. The first-order valence-corrected chi connectivity index (χ1v) is 14.3. The number of para-hydroxylation sites is 1. The smallest absolute Gasteiger partial charge is 0.318 e. The summed E-state index contributed by atoms with van der Waals surface area (Å²) in [7, 11) is 1.91. The largest absolute Gasteiger partial charge is 0.341 e. The predicted octanol–water partition coefficient (Wildman–Crippen LogP) is 3.31. The van der Waals surface area contributed by atoms with E-state index >= 15 is 0 Å². The van der Waals surface area contributed by atoms with Crippen molar-refractivity contribution in [2.24, 2.45) is 0 Å². The lowest BCUT2D eigenvalue weighted by Gasteiger charge is -2.39. The Hall–Kier alpha value is -3.39. The Morgan fingerprint density at radius 2 is 1.62 bits per heavy atom. The molecule has 0 radical (unpaired) electrons. The van der Waals surface area contributed by atoms with Gasteiger partial charge < -0.3 is 25.3 Å². The summed E-state index contributed by atoms with van der Waals surface area (Å²) in [6.45, 7) is 6.45. The number of hydrogen-bond acceptors (Lipinski definition) is 4. The summed E-state index contributed by atoms with van der Waals surface area (Å²) in [5.74, 6) is 0.0996. The van der Waals surface area contributed by atoms with Crippen LogP contribution in [0, 0.1) is 0 Å². The molecule has 39 heavy (non-hydrogen) atoms. The van der Waals surface area contributed by atoms with E-state index in [0.717, 1.165) is 36.1 Å². The number of likely N-dealkylation sites (tertiary alicyclic amines) is 2. The van der Waals surface area contributed by atoms with Crippen LogP contribution in [0.1, 0.15) is 50.7 Å². The van der Waals surface area contributed by atoms with Gasteiger partial charge in [-0.05, 0) is 70.2 Å². The first-order valence-electron chi connectivity index (χ1n) is 14.3. The minimum absolute atomic E-state index is 0.0319. The number of anilines is 1. The Morgan fingerprint density at radius 1 is 0.949 bits per heavy atom. The fourth-order valence-electron chi connectivity index (χ4n) is 6.30. The van der Waals surface area contributed by atoms with Crippen molar-refractivity contribution in [3.8, 4) is 0 Å². The highest BCUT2D eigenvalue weighted by Crippen LogP contribution is 2.43. The zero-order chi connectivity index (χ0) is 27.6. The molecule has 8 nitrogen and oxygen atoms in total. The van der Waals surface area contributed by atoms with Gasteiger partial charge in [0.25, 0.3) is 0 Å². The number of carbonyl (C=O) groups is 3. The topological polar surface area (TPSA) is 85.0 Å². The van der Waals surface area contributed by atoms with Crippen molar-refractivity contribution in [3.05, 3.63) is 65.7 Å². The first kappa shape index (κ1) is 27.2. The van der Waals surface area contributed by atoms with E-state index in [0.29, 0.717) is 39.0 Å². The third-order valence-electron chi connectivity index (χ3n) is 8.78. The molecule has 208 valence electrons. The predicted molar refractivity (Wildman–Crippen MR) is 153 cm³/mol. The highest BCUT2D eigenvalue weighted by atomic mass is 16.2. The van der Waals surface area contributed by atoms with Crippen molar-refractivity contribution < 1.29 is 14.4 Å². The Labute approximate surface area is 231 Å². The van der Waals surface area contributed by atoms with Gasteiger partial charge in [-0.15, -0.1) is 0 Å². The highest BCUT2D eigenvalue weighted by molar-refractivity contribution is 6.08. The summed E-state index contributed by atoms with van der Waals surface area (Å²) in [6, 6.07) is 17.7. The maximum atomic E-state index is 13.8. The molecule has 3 heterocycles. The normalized spacial score (nSPS) is 21.7. The SMILES string of the molecule is CN[C@H]1CCN(C(=O)N[C@H](CCc2ccccc2)C(=O)N2CCC(N3C(=O)C(C)(C)c4ccccc43)CC2)C1. The van der Waals surface area contributed by atoms with Crippen molar-refractivity contribution in [1.29, 1.82) is 0 Å². The van der Waals surface area contributed by atoms with Crippen LogP contribution in [0.15, 0.2) is 54.6 Å². The molecule has 2 saturated heterocycles. The van der Waals surface area contributed by atoms with Crippen molar-refractivity contribution in [3.63, 3.8) is 0 Å². The molecule has 2 atom stereocenters. The lowest BCUT2D eigenvalue weighted by atomic mass is 9.86. The number of piperidine rings is 1. The number of carbonyl (C=O) groups excluding carboxylic acids is 3. The Kier molecular flexibility index (Phi) is 7.93. The molecule has 0 unspecified atom stereocenters. The number of fused-ring (bicyclic) bond motifs is 1. The summed E-state index contributed by atoms with van der Waals surface area (Å²) < 4.78 is 0. The lowest BCUT2D eigenvalue weighted by Crippen LogP contribution is -2.55. The second kappa shape index (κ2) is 11.4. The van der Waals surface area contributed by atoms with Gasteiger partial charge in [-0.3, -0.25) is 9.59 Å². The van der Waals surface area contributed by atoms with Gasteiger partial charge in [-0.2, -0.15) is 0 Å². The Balaban J connectivity index is 1.25. The molecule has 0 bridgehead atoms. The molecule has 5 rings (SSSR count). The van der Waals surface area contributed by atoms with Crippen molar-refractivity contribution >= 4 is 23.5 Å². The third-order valence-corrected chi connectivity index (χ3v) is 8.78. The van der Waals surface area contributed by atoms with Crippen LogP contribution in [-0.2, 0) is 21.4 Å². The first-order chi connectivity index (χ1) is 18.8. The minimum Gasteiger partial charge on any atom is -0.341 e. The summed E-state index contributed by atoms with van der Waals surface area (Å²) in [4.78, 5) is 46.0. The van der Waals surface area contributed by atoms with Crippen LogP contribution < -0.4 is 15.5 Å². The average molecular weight is 532 g/mol. The zero-order valence-electron chi connectivity index (χ0n) is 23.4.